The smallest absolute Gasteiger partial charge is 0.407 e. The molecule has 0 unspecified atom stereocenters. The van der Waals surface area contributed by atoms with Gasteiger partial charge in [-0.05, 0) is 88.0 Å². The van der Waals surface area contributed by atoms with Crippen molar-refractivity contribution in [2.45, 2.75) is 57.7 Å². The van der Waals surface area contributed by atoms with E-state index in [1.807, 2.05) is 92.7 Å². The molecule has 0 saturated heterocycles. The third-order valence-electron chi connectivity index (χ3n) is 10.3. The number of ether oxygens (including phenoxy) is 1. The summed E-state index contributed by atoms with van der Waals surface area (Å²) in [7, 11) is 0. The number of hydrogen-bond donors (Lipinski definition) is 3. The van der Waals surface area contributed by atoms with Gasteiger partial charge in [0.15, 0.2) is 0 Å². The number of fused-ring (bicyclic) bond motifs is 4. The Hall–Kier alpha value is -5.89. The van der Waals surface area contributed by atoms with Crippen molar-refractivity contribution in [2.75, 3.05) is 13.2 Å². The van der Waals surface area contributed by atoms with Crippen LogP contribution in [0.2, 0.25) is 0 Å². The number of phenolic OH excluding ortho intramolecular Hbond substituents is 1. The summed E-state index contributed by atoms with van der Waals surface area (Å²) in [6.45, 7) is 4.53. The minimum absolute atomic E-state index is 0.0953. The lowest BCUT2D eigenvalue weighted by molar-refractivity contribution is -0.136. The Morgan fingerprint density at radius 3 is 2.10 bits per heavy atom. The first-order valence-electron chi connectivity index (χ1n) is 17.8. The molecule has 2 aliphatic rings. The molecule has 0 spiro atoms. The van der Waals surface area contributed by atoms with Gasteiger partial charge in [-0.25, -0.2) is 4.79 Å². The number of rotatable bonds is 10. The third kappa shape index (κ3) is 7.56. The fourth-order valence-corrected chi connectivity index (χ4v) is 7.79. The van der Waals surface area contributed by atoms with Crippen LogP contribution in [0.15, 0.2) is 115 Å². The van der Waals surface area contributed by atoms with E-state index in [0.717, 1.165) is 55.6 Å². The van der Waals surface area contributed by atoms with Crippen LogP contribution in [0, 0.1) is 13.8 Å². The number of nitrogens with one attached hydrogen (secondary N) is 2. The summed E-state index contributed by atoms with van der Waals surface area (Å²) in [4.78, 5) is 43.0. The number of phenols is 1. The second-order valence-electron chi connectivity index (χ2n) is 13.9. The normalized spacial score (nSPS) is 15.5. The molecule has 5 aromatic carbocycles. The molecular weight excluding hydrogens is 650 g/mol. The van der Waals surface area contributed by atoms with E-state index < -0.39 is 18.2 Å². The molecule has 8 heteroatoms. The first-order chi connectivity index (χ1) is 25.2. The molecule has 3 N–H and O–H groups in total. The van der Waals surface area contributed by atoms with Crippen LogP contribution >= 0.6 is 0 Å². The molecule has 7 rings (SSSR count). The van der Waals surface area contributed by atoms with Crippen LogP contribution in [0.1, 0.15) is 50.4 Å². The molecule has 264 valence electrons. The molecule has 52 heavy (non-hydrogen) atoms. The van der Waals surface area contributed by atoms with Crippen LogP contribution in [-0.2, 0) is 40.1 Å². The van der Waals surface area contributed by atoms with Crippen LogP contribution in [0.3, 0.4) is 0 Å². The maximum Gasteiger partial charge on any atom is 0.407 e. The zero-order valence-electron chi connectivity index (χ0n) is 29.5. The first-order valence-corrected chi connectivity index (χ1v) is 17.8. The fourth-order valence-electron chi connectivity index (χ4n) is 7.79. The van der Waals surface area contributed by atoms with Crippen molar-refractivity contribution in [2.24, 2.45) is 0 Å². The van der Waals surface area contributed by atoms with E-state index in [1.165, 1.54) is 0 Å². The Morgan fingerprint density at radius 1 is 0.827 bits per heavy atom. The van der Waals surface area contributed by atoms with E-state index in [0.29, 0.717) is 19.4 Å². The van der Waals surface area contributed by atoms with Gasteiger partial charge in [0.2, 0.25) is 11.8 Å². The largest absolute Gasteiger partial charge is 0.508 e. The van der Waals surface area contributed by atoms with Gasteiger partial charge >= 0.3 is 6.09 Å². The van der Waals surface area contributed by atoms with E-state index in [9.17, 15) is 19.5 Å². The zero-order chi connectivity index (χ0) is 36.2. The molecule has 5 aromatic rings. The first kappa shape index (κ1) is 34.6. The van der Waals surface area contributed by atoms with Crippen LogP contribution < -0.4 is 10.6 Å². The standard InChI is InChI=1S/C44H43N3O5/c1-28-20-34(48)21-29(2)39(28)24-33(45-44(51)52-27-40-37-18-10-8-16-35(37)36-17-9-11-19-38(36)40)26-47-25-32-15-7-6-14-31(32)23-41(43(47)50)46-42(49)22-30-12-4-3-5-13-30/h3-21,33,40-41,48H,22-27H2,1-2H3,(H,45,51)(H,46,49)/t33-,41+/m0/s1. The topological polar surface area (TPSA) is 108 Å². The van der Waals surface area contributed by atoms with Crippen LogP contribution in [0.5, 0.6) is 5.75 Å². The Kier molecular flexibility index (Phi) is 10.1. The van der Waals surface area contributed by atoms with Gasteiger partial charge in [0, 0.05) is 25.4 Å². The number of amides is 3. The quantitative estimate of drug-likeness (QED) is 0.150. The van der Waals surface area contributed by atoms with Crippen molar-refractivity contribution < 1.29 is 24.2 Å². The van der Waals surface area contributed by atoms with Gasteiger partial charge in [0.1, 0.15) is 18.4 Å². The molecule has 8 nitrogen and oxygen atoms in total. The molecule has 0 saturated carbocycles. The van der Waals surface area contributed by atoms with Crippen molar-refractivity contribution in [3.05, 3.63) is 160 Å². The Balaban J connectivity index is 1.12. The predicted octanol–water partition coefficient (Wildman–Crippen LogP) is 6.77. The highest BCUT2D eigenvalue weighted by Gasteiger charge is 2.34. The van der Waals surface area contributed by atoms with Gasteiger partial charge in [-0.2, -0.15) is 0 Å². The van der Waals surface area contributed by atoms with Crippen LogP contribution in [0.4, 0.5) is 4.79 Å². The van der Waals surface area contributed by atoms with E-state index in [-0.39, 0.29) is 43.1 Å². The van der Waals surface area contributed by atoms with Crippen molar-refractivity contribution in [1.82, 2.24) is 15.5 Å². The summed E-state index contributed by atoms with van der Waals surface area (Å²) in [5.41, 5.74) is 10.1. The minimum atomic E-state index is -0.771. The lowest BCUT2D eigenvalue weighted by Crippen LogP contribution is -2.52. The number of aromatic hydroxyl groups is 1. The second kappa shape index (κ2) is 15.2. The SMILES string of the molecule is Cc1cc(O)cc(C)c1C[C@@H](CN1Cc2ccccc2C[C@@H](NC(=O)Cc2ccccc2)C1=O)NC(=O)OCC1c2ccccc2-c2ccccc21. The highest BCUT2D eigenvalue weighted by Crippen LogP contribution is 2.44. The Morgan fingerprint density at radius 2 is 1.42 bits per heavy atom. The highest BCUT2D eigenvalue weighted by molar-refractivity contribution is 5.89. The molecule has 3 amide bonds. The molecule has 0 radical (unpaired) electrons. The molecule has 0 aromatic heterocycles. The lowest BCUT2D eigenvalue weighted by atomic mass is 9.95. The zero-order valence-corrected chi connectivity index (χ0v) is 29.5. The number of alkyl carbamates (subject to hydrolysis) is 1. The van der Waals surface area contributed by atoms with Gasteiger partial charge in [-0.1, -0.05) is 103 Å². The maximum absolute atomic E-state index is 14.3. The van der Waals surface area contributed by atoms with Crippen molar-refractivity contribution >= 4 is 17.9 Å². The minimum Gasteiger partial charge on any atom is -0.508 e. The molecular formula is C44H43N3O5. The molecule has 0 bridgehead atoms. The van der Waals surface area contributed by atoms with Crippen molar-refractivity contribution in [3.63, 3.8) is 0 Å². The molecule has 1 heterocycles. The third-order valence-corrected chi connectivity index (χ3v) is 10.3. The van der Waals surface area contributed by atoms with Crippen molar-refractivity contribution in [3.8, 4) is 16.9 Å². The van der Waals surface area contributed by atoms with Gasteiger partial charge < -0.3 is 25.4 Å². The van der Waals surface area contributed by atoms with Gasteiger partial charge in [0.25, 0.3) is 0 Å². The summed E-state index contributed by atoms with van der Waals surface area (Å²) in [6, 6.07) is 35.9. The molecule has 0 fully saturated rings. The number of nitrogens with zero attached hydrogens (tertiary/aromatic N) is 1. The number of carbonyl (C=O) groups excluding carboxylic acids is 3. The van der Waals surface area contributed by atoms with E-state index in [4.69, 9.17) is 4.74 Å². The van der Waals surface area contributed by atoms with Crippen LogP contribution in [0.25, 0.3) is 11.1 Å². The molecule has 1 aliphatic carbocycles. The van der Waals surface area contributed by atoms with Crippen LogP contribution in [-0.4, -0.2) is 53.1 Å². The summed E-state index contributed by atoms with van der Waals surface area (Å²) < 4.78 is 5.96. The average Bonchev–Trinajstić information content (AvgIpc) is 3.39. The maximum atomic E-state index is 14.3. The van der Waals surface area contributed by atoms with Gasteiger partial charge in [-0.3, -0.25) is 9.59 Å². The summed E-state index contributed by atoms with van der Waals surface area (Å²) >= 11 is 0. The highest BCUT2D eigenvalue weighted by atomic mass is 16.5. The Bertz CT molecular complexity index is 2040. The summed E-state index contributed by atoms with van der Waals surface area (Å²) in [5, 5.41) is 16.4. The Labute approximate surface area is 304 Å². The fraction of sp³-hybridized carbons (Fsp3) is 0.250. The molecule has 1 aliphatic heterocycles. The average molecular weight is 694 g/mol. The monoisotopic (exact) mass is 693 g/mol. The number of hydrogen-bond acceptors (Lipinski definition) is 5. The van der Waals surface area contributed by atoms with Gasteiger partial charge in [0.05, 0.1) is 12.5 Å². The number of benzene rings is 5. The molecule has 2 atom stereocenters. The van der Waals surface area contributed by atoms with E-state index in [1.54, 1.807) is 17.0 Å². The lowest BCUT2D eigenvalue weighted by Gasteiger charge is -2.30. The van der Waals surface area contributed by atoms with Crippen molar-refractivity contribution in [1.29, 1.82) is 0 Å². The van der Waals surface area contributed by atoms with E-state index in [2.05, 4.69) is 34.9 Å². The summed E-state index contributed by atoms with van der Waals surface area (Å²) in [5.74, 6) is -0.362. The summed E-state index contributed by atoms with van der Waals surface area (Å²) in [6.07, 6.45) is 0.361. The van der Waals surface area contributed by atoms with Gasteiger partial charge in [-0.15, -0.1) is 0 Å². The second-order valence-corrected chi connectivity index (χ2v) is 13.9. The number of carbonyl (C=O) groups is 3. The predicted molar refractivity (Wildman–Crippen MR) is 201 cm³/mol. The van der Waals surface area contributed by atoms with E-state index >= 15 is 0 Å². The number of aryl methyl sites for hydroxylation is 2.